The van der Waals surface area contributed by atoms with E-state index in [1.54, 1.807) is 13.0 Å². The van der Waals surface area contributed by atoms with Crippen molar-refractivity contribution in [2.75, 3.05) is 5.32 Å². The molecule has 3 aromatic rings. The molecule has 0 radical (unpaired) electrons. The zero-order chi connectivity index (χ0) is 23.8. The van der Waals surface area contributed by atoms with Crippen molar-refractivity contribution in [3.63, 3.8) is 0 Å². The Labute approximate surface area is 187 Å². The van der Waals surface area contributed by atoms with E-state index in [1.165, 1.54) is 24.3 Å². The quantitative estimate of drug-likeness (QED) is 0.580. The van der Waals surface area contributed by atoms with Crippen LogP contribution in [0.5, 0.6) is 0 Å². The van der Waals surface area contributed by atoms with Crippen molar-refractivity contribution in [2.24, 2.45) is 5.92 Å². The second kappa shape index (κ2) is 8.62. The Morgan fingerprint density at radius 2 is 1.79 bits per heavy atom. The summed E-state index contributed by atoms with van der Waals surface area (Å²) in [6.45, 7) is 1.66. The van der Waals surface area contributed by atoms with Gasteiger partial charge in [0.05, 0.1) is 16.6 Å². The molecule has 2 aromatic carbocycles. The predicted octanol–water partition coefficient (Wildman–Crippen LogP) is 4.62. The largest absolute Gasteiger partial charge is 0.416 e. The molecule has 1 aliphatic carbocycles. The number of anilines is 1. The third kappa shape index (κ3) is 4.64. The Balaban J connectivity index is 1.62. The summed E-state index contributed by atoms with van der Waals surface area (Å²) in [7, 11) is 0. The van der Waals surface area contributed by atoms with Crippen molar-refractivity contribution >= 4 is 22.4 Å². The van der Waals surface area contributed by atoms with Crippen LogP contribution in [0, 0.1) is 12.8 Å². The smallest absolute Gasteiger partial charge is 0.379 e. The molecule has 1 heterocycles. The Bertz CT molecular complexity index is 1230. The van der Waals surface area contributed by atoms with Gasteiger partial charge in [-0.1, -0.05) is 30.1 Å². The molecule has 1 fully saturated rings. The predicted molar refractivity (Wildman–Crippen MR) is 116 cm³/mol. The van der Waals surface area contributed by atoms with Crippen LogP contribution >= 0.6 is 0 Å². The number of alkyl halides is 3. The number of carbonyl (C=O) groups is 1. The Morgan fingerprint density at radius 1 is 1.12 bits per heavy atom. The zero-order valence-electron chi connectivity index (χ0n) is 17.9. The number of fused-ring (bicyclic) bond motifs is 1. The normalized spacial score (nSPS) is 16.6. The molecule has 0 saturated heterocycles. The number of carbonyl (C=O) groups excluding carboxylic acids is 1. The van der Waals surface area contributed by atoms with Crippen LogP contribution in [0.3, 0.4) is 0 Å². The Morgan fingerprint density at radius 3 is 2.42 bits per heavy atom. The highest BCUT2D eigenvalue weighted by Gasteiger charge is 2.45. The van der Waals surface area contributed by atoms with Crippen LogP contribution in [0.25, 0.3) is 10.8 Å². The molecule has 4 rings (SSSR count). The zero-order valence-corrected chi connectivity index (χ0v) is 17.9. The van der Waals surface area contributed by atoms with Crippen molar-refractivity contribution in [1.29, 1.82) is 0 Å². The molecule has 1 aliphatic rings. The van der Waals surface area contributed by atoms with E-state index in [-0.39, 0.29) is 12.3 Å². The van der Waals surface area contributed by atoms with Gasteiger partial charge in [-0.2, -0.15) is 13.2 Å². The maximum atomic E-state index is 13.3. The monoisotopic (exact) mass is 460 g/mol. The van der Waals surface area contributed by atoms with Crippen molar-refractivity contribution < 1.29 is 27.6 Å². The number of aliphatic hydroxyl groups is 1. The number of rotatable bonds is 5. The van der Waals surface area contributed by atoms with Gasteiger partial charge in [-0.3, -0.25) is 4.79 Å². The van der Waals surface area contributed by atoms with E-state index in [1.807, 2.05) is 0 Å². The summed E-state index contributed by atoms with van der Waals surface area (Å²) < 4.78 is 43.4. The van der Waals surface area contributed by atoms with Crippen LogP contribution in [-0.4, -0.2) is 21.8 Å². The SMILES string of the molecule is Cc1noc(=O)c2ccc(NC(=O)C(O)(Cc3ccc(C(F)(F)F)cc3)C3CCCC3)cc12. The fourth-order valence-electron chi connectivity index (χ4n) is 4.48. The van der Waals surface area contributed by atoms with E-state index in [2.05, 4.69) is 10.5 Å². The molecule has 1 atom stereocenters. The van der Waals surface area contributed by atoms with Gasteiger partial charge in [0.25, 0.3) is 5.91 Å². The molecule has 6 nitrogen and oxygen atoms in total. The number of nitrogens with one attached hydrogen (secondary N) is 1. The molecule has 1 unspecified atom stereocenters. The summed E-state index contributed by atoms with van der Waals surface area (Å²) in [5, 5.41) is 18.8. The first-order valence-electron chi connectivity index (χ1n) is 10.7. The molecule has 0 bridgehead atoms. The van der Waals surface area contributed by atoms with Crippen LogP contribution < -0.4 is 10.9 Å². The summed E-state index contributed by atoms with van der Waals surface area (Å²) in [4.78, 5) is 25.2. The number of hydrogen-bond acceptors (Lipinski definition) is 5. The van der Waals surface area contributed by atoms with Gasteiger partial charge in [0.15, 0.2) is 0 Å². The van der Waals surface area contributed by atoms with Gasteiger partial charge in [-0.15, -0.1) is 0 Å². The molecule has 9 heteroatoms. The van der Waals surface area contributed by atoms with E-state index in [9.17, 15) is 27.9 Å². The average molecular weight is 460 g/mol. The van der Waals surface area contributed by atoms with Gasteiger partial charge >= 0.3 is 11.8 Å². The van der Waals surface area contributed by atoms with Gasteiger partial charge < -0.3 is 14.9 Å². The van der Waals surface area contributed by atoms with Crippen molar-refractivity contribution in [2.45, 2.75) is 50.8 Å². The highest BCUT2D eigenvalue weighted by Crippen LogP contribution is 2.38. The minimum atomic E-state index is -4.46. The molecule has 0 spiro atoms. The highest BCUT2D eigenvalue weighted by atomic mass is 19.4. The lowest BCUT2D eigenvalue weighted by molar-refractivity contribution is -0.140. The second-order valence-corrected chi connectivity index (χ2v) is 8.55. The van der Waals surface area contributed by atoms with Crippen LogP contribution in [-0.2, 0) is 17.4 Å². The number of aromatic nitrogens is 1. The summed E-state index contributed by atoms with van der Waals surface area (Å²) >= 11 is 0. The summed E-state index contributed by atoms with van der Waals surface area (Å²) in [5.41, 5.74) is -1.91. The number of benzene rings is 2. The number of aryl methyl sites for hydroxylation is 1. The maximum absolute atomic E-state index is 13.3. The minimum absolute atomic E-state index is 0.112. The Kier molecular flexibility index (Phi) is 6.00. The summed E-state index contributed by atoms with van der Waals surface area (Å²) in [5.74, 6) is -0.960. The van der Waals surface area contributed by atoms with E-state index in [4.69, 9.17) is 4.52 Å². The third-order valence-corrected chi connectivity index (χ3v) is 6.33. The minimum Gasteiger partial charge on any atom is -0.379 e. The fourth-order valence-corrected chi connectivity index (χ4v) is 4.48. The third-order valence-electron chi connectivity index (χ3n) is 6.33. The molecule has 1 saturated carbocycles. The molecule has 174 valence electrons. The van der Waals surface area contributed by atoms with Gasteiger partial charge in [0, 0.05) is 17.5 Å². The number of halogens is 3. The first-order valence-corrected chi connectivity index (χ1v) is 10.7. The van der Waals surface area contributed by atoms with Crippen LogP contribution in [0.4, 0.5) is 18.9 Å². The number of amides is 1. The van der Waals surface area contributed by atoms with E-state index < -0.39 is 28.9 Å². The molecular weight excluding hydrogens is 437 g/mol. The molecule has 2 N–H and O–H groups in total. The maximum Gasteiger partial charge on any atom is 0.416 e. The lowest BCUT2D eigenvalue weighted by atomic mass is 9.80. The van der Waals surface area contributed by atoms with Gasteiger partial charge in [0.1, 0.15) is 5.60 Å². The lowest BCUT2D eigenvalue weighted by Gasteiger charge is -2.33. The summed E-state index contributed by atoms with van der Waals surface area (Å²) in [6.07, 6.45) is -1.55. The fraction of sp³-hybridized carbons (Fsp3) is 0.375. The topological polar surface area (TPSA) is 92.4 Å². The van der Waals surface area contributed by atoms with Crippen molar-refractivity contribution in [3.8, 4) is 0 Å². The first kappa shape index (κ1) is 23.0. The Hall–Kier alpha value is -3.20. The molecule has 33 heavy (non-hydrogen) atoms. The average Bonchev–Trinajstić information content (AvgIpc) is 3.32. The van der Waals surface area contributed by atoms with Crippen molar-refractivity contribution in [3.05, 3.63) is 69.7 Å². The van der Waals surface area contributed by atoms with Gasteiger partial charge in [-0.05, 0) is 61.6 Å². The van der Waals surface area contributed by atoms with E-state index >= 15 is 0 Å². The van der Waals surface area contributed by atoms with E-state index in [0.717, 1.165) is 25.0 Å². The standard InChI is InChI=1S/C24H23F3N2O4/c1-14-20-12-18(10-11-19(20)21(30)33-29-14)28-22(31)23(32,16-4-2-3-5-16)13-15-6-8-17(9-7-15)24(25,26)27/h6-12,16,32H,2-5,13H2,1H3,(H,28,31). The molecule has 1 amide bonds. The van der Waals surface area contributed by atoms with Crippen LogP contribution in [0.1, 0.15) is 42.5 Å². The van der Waals surface area contributed by atoms with E-state index in [0.29, 0.717) is 40.6 Å². The summed E-state index contributed by atoms with van der Waals surface area (Å²) in [6, 6.07) is 9.11. The molecule has 0 aliphatic heterocycles. The number of hydrogen-bond donors (Lipinski definition) is 2. The van der Waals surface area contributed by atoms with Gasteiger partial charge in [0.2, 0.25) is 0 Å². The van der Waals surface area contributed by atoms with Crippen LogP contribution in [0.15, 0.2) is 51.8 Å². The number of nitrogens with zero attached hydrogens (tertiary/aromatic N) is 1. The first-order chi connectivity index (χ1) is 15.6. The van der Waals surface area contributed by atoms with Crippen molar-refractivity contribution in [1.82, 2.24) is 5.16 Å². The second-order valence-electron chi connectivity index (χ2n) is 8.55. The van der Waals surface area contributed by atoms with Crippen LogP contribution in [0.2, 0.25) is 0 Å². The van der Waals surface area contributed by atoms with Gasteiger partial charge in [-0.25, -0.2) is 4.79 Å². The lowest BCUT2D eigenvalue weighted by Crippen LogP contribution is -2.50. The molecule has 1 aromatic heterocycles. The highest BCUT2D eigenvalue weighted by molar-refractivity contribution is 5.99. The molecular formula is C24H23F3N2O4.